The molecule has 0 amide bonds. The van der Waals surface area contributed by atoms with Crippen LogP contribution < -0.4 is 0 Å². The van der Waals surface area contributed by atoms with Gasteiger partial charge in [0.05, 0.1) is 14.2 Å². The maximum atomic E-state index is 10.4. The van der Waals surface area contributed by atoms with E-state index in [1.807, 2.05) is 31.2 Å². The first-order chi connectivity index (χ1) is 8.45. The second kappa shape index (κ2) is 6.74. The predicted octanol–water partition coefficient (Wildman–Crippen LogP) is 3.96. The Kier molecular flexibility index (Phi) is 5.61. The van der Waals surface area contributed by atoms with Crippen molar-refractivity contribution in [2.75, 3.05) is 0 Å². The molecule has 1 N–H and O–H groups in total. The quantitative estimate of drug-likeness (QED) is 0.627. The van der Waals surface area contributed by atoms with Crippen LogP contribution in [0.4, 0.5) is 0 Å². The Morgan fingerprint density at radius 2 is 1.89 bits per heavy atom. The number of hydrogen-bond donors (Lipinski definition) is 1. The summed E-state index contributed by atoms with van der Waals surface area (Å²) in [5.74, 6) is 0. The number of rotatable bonds is 5. The highest BCUT2D eigenvalue weighted by Crippen LogP contribution is 2.20. The summed E-state index contributed by atoms with van der Waals surface area (Å²) in [6.45, 7) is 8.73. The van der Waals surface area contributed by atoms with E-state index in [-0.39, 0.29) is 6.10 Å². The molecule has 2 heteroatoms. The Labute approximate surface area is 112 Å². The molecule has 1 nitrogen and oxygen atoms in total. The molecule has 1 aromatic carbocycles. The zero-order valence-electron chi connectivity index (χ0n) is 11.9. The Bertz CT molecular complexity index is 422. The summed E-state index contributed by atoms with van der Waals surface area (Å²) in [5, 5.41) is 11.5. The van der Waals surface area contributed by atoms with Gasteiger partial charge in [-0.1, -0.05) is 50.0 Å². The highest BCUT2D eigenvalue weighted by molar-refractivity contribution is 6.83. The average molecular weight is 260 g/mol. The molecule has 1 aromatic rings. The van der Waals surface area contributed by atoms with Gasteiger partial charge in [0.2, 0.25) is 0 Å². The van der Waals surface area contributed by atoms with Gasteiger partial charge in [0.1, 0.15) is 0 Å². The molecule has 98 valence electrons. The van der Waals surface area contributed by atoms with Gasteiger partial charge in [-0.2, -0.15) is 0 Å². The molecule has 0 bridgehead atoms. The van der Waals surface area contributed by atoms with Gasteiger partial charge in [0, 0.05) is 0 Å². The van der Waals surface area contributed by atoms with Crippen LogP contribution in [0.25, 0.3) is 0 Å². The third kappa shape index (κ3) is 4.65. The predicted molar refractivity (Wildman–Crippen MR) is 81.4 cm³/mol. The van der Waals surface area contributed by atoms with Crippen LogP contribution in [0.3, 0.4) is 0 Å². The fourth-order valence-electron chi connectivity index (χ4n) is 2.06. The summed E-state index contributed by atoms with van der Waals surface area (Å²) in [6.07, 6.45) is 3.26. The van der Waals surface area contributed by atoms with Gasteiger partial charge >= 0.3 is 0 Å². The molecule has 1 rings (SSSR count). The molecule has 0 aromatic heterocycles. The Balaban J connectivity index is 2.70. The van der Waals surface area contributed by atoms with E-state index in [4.69, 9.17) is 0 Å². The van der Waals surface area contributed by atoms with Gasteiger partial charge in [-0.3, -0.25) is 0 Å². The maximum Gasteiger partial charge on any atom is 0.0857 e. The van der Waals surface area contributed by atoms with E-state index in [9.17, 15) is 5.11 Å². The Morgan fingerprint density at radius 3 is 2.39 bits per heavy atom. The summed E-state index contributed by atoms with van der Waals surface area (Å²) in [7, 11) is -1.48. The summed E-state index contributed by atoms with van der Waals surface area (Å²) in [5.41, 5.74) is 4.55. The normalized spacial score (nSPS) is 12.7. The first-order valence-electron chi connectivity index (χ1n) is 6.59. The minimum absolute atomic E-state index is 0.354. The molecule has 0 radical (unpaired) electrons. The zero-order chi connectivity index (χ0) is 13.6. The smallest absolute Gasteiger partial charge is 0.0857 e. The molecule has 0 fully saturated rings. The third-order valence-corrected chi connectivity index (χ3v) is 5.08. The summed E-state index contributed by atoms with van der Waals surface area (Å²) >= 11 is 0. The van der Waals surface area contributed by atoms with Crippen molar-refractivity contribution in [3.8, 4) is 0 Å². The van der Waals surface area contributed by atoms with Crippen molar-refractivity contribution in [1.29, 1.82) is 0 Å². The summed E-state index contributed by atoms with van der Waals surface area (Å²) in [4.78, 5) is 0. The van der Waals surface area contributed by atoms with Crippen LogP contribution in [0.15, 0.2) is 47.3 Å². The van der Waals surface area contributed by atoms with Crippen molar-refractivity contribution in [2.24, 2.45) is 0 Å². The number of aryl methyl sites for hydroxylation is 1. The van der Waals surface area contributed by atoms with Crippen LogP contribution in [0.1, 0.15) is 18.9 Å². The van der Waals surface area contributed by atoms with E-state index in [0.29, 0.717) is 0 Å². The van der Waals surface area contributed by atoms with Crippen molar-refractivity contribution < 1.29 is 5.11 Å². The number of aliphatic hydroxyl groups excluding tert-OH is 1. The van der Waals surface area contributed by atoms with Crippen LogP contribution in [-0.4, -0.2) is 19.3 Å². The van der Waals surface area contributed by atoms with E-state index in [1.165, 1.54) is 5.56 Å². The zero-order valence-corrected chi connectivity index (χ0v) is 12.9. The van der Waals surface area contributed by atoms with Crippen molar-refractivity contribution in [2.45, 2.75) is 45.5 Å². The molecular formula is C16H24OSi. The lowest BCUT2D eigenvalue weighted by Gasteiger charge is -2.23. The molecule has 0 spiro atoms. The molecule has 1 atom stereocenters. The van der Waals surface area contributed by atoms with Crippen molar-refractivity contribution in [3.63, 3.8) is 0 Å². The Morgan fingerprint density at radius 1 is 1.28 bits per heavy atom. The molecule has 0 saturated carbocycles. The van der Waals surface area contributed by atoms with E-state index < -0.39 is 8.07 Å². The molecule has 0 aliphatic heterocycles. The molecular weight excluding hydrogens is 236 g/mol. The summed E-state index contributed by atoms with van der Waals surface area (Å²) in [6, 6.07) is 10.3. The fraction of sp³-hybridized carbons (Fsp3) is 0.438. The van der Waals surface area contributed by atoms with E-state index in [2.05, 4.69) is 37.5 Å². The largest absolute Gasteiger partial charge is 0.389 e. The van der Waals surface area contributed by atoms with E-state index in [1.54, 1.807) is 0 Å². The molecule has 0 aliphatic rings. The van der Waals surface area contributed by atoms with Gasteiger partial charge < -0.3 is 5.11 Å². The van der Waals surface area contributed by atoms with Crippen LogP contribution in [-0.2, 0) is 6.42 Å². The first kappa shape index (κ1) is 15.0. The molecule has 0 unspecified atom stereocenters. The highest BCUT2D eigenvalue weighted by atomic mass is 28.3. The standard InChI is InChI=1S/C16H24OSi/c1-5-9-16(18(2,3)4)15(17)13-12-14-10-7-6-8-11-14/h5-8,10-11,15,17H,12-13H2,1-4H3/t9?,15-/m1/s1. The van der Waals surface area contributed by atoms with Crippen molar-refractivity contribution in [1.82, 2.24) is 0 Å². The van der Waals surface area contributed by atoms with Gasteiger partial charge in [-0.05, 0) is 36.6 Å². The van der Waals surface area contributed by atoms with E-state index in [0.717, 1.165) is 18.0 Å². The number of hydrogen-bond acceptors (Lipinski definition) is 1. The van der Waals surface area contributed by atoms with Gasteiger partial charge in [0.15, 0.2) is 0 Å². The van der Waals surface area contributed by atoms with Gasteiger partial charge in [-0.15, -0.1) is 5.73 Å². The summed E-state index contributed by atoms with van der Waals surface area (Å²) < 4.78 is 0. The monoisotopic (exact) mass is 260 g/mol. The number of aliphatic hydroxyl groups is 1. The molecule has 0 saturated heterocycles. The molecule has 0 aliphatic carbocycles. The van der Waals surface area contributed by atoms with Gasteiger partial charge in [-0.25, -0.2) is 0 Å². The lowest BCUT2D eigenvalue weighted by Crippen LogP contribution is -2.32. The van der Waals surface area contributed by atoms with Crippen LogP contribution in [0.5, 0.6) is 0 Å². The topological polar surface area (TPSA) is 20.2 Å². The second-order valence-corrected chi connectivity index (χ2v) is 10.7. The van der Waals surface area contributed by atoms with Crippen LogP contribution in [0, 0.1) is 0 Å². The minimum atomic E-state index is -1.48. The van der Waals surface area contributed by atoms with Crippen molar-refractivity contribution >= 4 is 8.07 Å². The highest BCUT2D eigenvalue weighted by Gasteiger charge is 2.25. The Hall–Kier alpha value is -1.08. The molecule has 18 heavy (non-hydrogen) atoms. The van der Waals surface area contributed by atoms with Crippen LogP contribution >= 0.6 is 0 Å². The van der Waals surface area contributed by atoms with Crippen molar-refractivity contribution in [3.05, 3.63) is 52.9 Å². The average Bonchev–Trinajstić information content (AvgIpc) is 2.33. The lowest BCUT2D eigenvalue weighted by molar-refractivity contribution is 0.207. The van der Waals surface area contributed by atoms with Gasteiger partial charge in [0.25, 0.3) is 0 Å². The molecule has 0 heterocycles. The maximum absolute atomic E-state index is 10.4. The third-order valence-electron chi connectivity index (χ3n) is 2.99. The second-order valence-electron chi connectivity index (χ2n) is 5.64. The van der Waals surface area contributed by atoms with Crippen LogP contribution in [0.2, 0.25) is 19.6 Å². The fourth-order valence-corrected chi connectivity index (χ4v) is 3.78. The minimum Gasteiger partial charge on any atom is -0.389 e. The SMILES string of the molecule is CC=C=C([C@H](O)CCc1ccccc1)[Si](C)(C)C. The van der Waals surface area contributed by atoms with E-state index >= 15 is 0 Å². The number of benzene rings is 1. The first-order valence-corrected chi connectivity index (χ1v) is 10.1. The lowest BCUT2D eigenvalue weighted by atomic mass is 10.1.